The lowest BCUT2D eigenvalue weighted by Crippen LogP contribution is -2.13. The van der Waals surface area contributed by atoms with E-state index < -0.39 is 10.0 Å². The topological polar surface area (TPSA) is 85.1 Å². The Balaban J connectivity index is 2.36. The number of nitrogens with one attached hydrogen (secondary N) is 1. The summed E-state index contributed by atoms with van der Waals surface area (Å²) in [4.78, 5) is 3.81. The second-order valence-corrected chi connectivity index (χ2v) is 7.10. The minimum absolute atomic E-state index is 0.0496. The molecule has 0 aliphatic heterocycles. The highest BCUT2D eigenvalue weighted by molar-refractivity contribution is 9.11. The van der Waals surface area contributed by atoms with Crippen LogP contribution in [0.25, 0.3) is 0 Å². The molecule has 0 saturated carbocycles. The lowest BCUT2D eigenvalue weighted by Gasteiger charge is -2.10. The maximum atomic E-state index is 12.1. The van der Waals surface area contributed by atoms with Crippen molar-refractivity contribution in [3.05, 3.63) is 45.5 Å². The third-order valence-electron chi connectivity index (χ3n) is 2.24. The van der Waals surface area contributed by atoms with Crippen molar-refractivity contribution in [1.29, 1.82) is 0 Å². The highest BCUT2D eigenvalue weighted by Gasteiger charge is 2.16. The normalized spacial score (nSPS) is 11.3. The Bertz CT molecular complexity index is 702. The molecule has 0 amide bonds. The molecule has 0 saturated heterocycles. The van der Waals surface area contributed by atoms with Crippen LogP contribution in [0, 0.1) is 0 Å². The fourth-order valence-corrected chi connectivity index (χ4v) is 3.18. The number of sulfonamides is 1. The Hall–Kier alpha value is -1.12. The monoisotopic (exact) mass is 405 g/mol. The van der Waals surface area contributed by atoms with Crippen LogP contribution in [-0.4, -0.2) is 13.4 Å². The first kappa shape index (κ1) is 14.3. The number of hydrogen-bond acceptors (Lipinski definition) is 4. The molecule has 100 valence electrons. The predicted molar refractivity (Wildman–Crippen MR) is 81.3 cm³/mol. The van der Waals surface area contributed by atoms with E-state index in [1.54, 1.807) is 18.2 Å². The van der Waals surface area contributed by atoms with Gasteiger partial charge in [0.15, 0.2) is 0 Å². The number of nitrogens with two attached hydrogens (primary N) is 1. The molecule has 1 heterocycles. The van der Waals surface area contributed by atoms with Crippen molar-refractivity contribution in [2.24, 2.45) is 0 Å². The number of nitrogen functional groups attached to an aromatic ring is 1. The Morgan fingerprint density at radius 2 is 1.89 bits per heavy atom. The van der Waals surface area contributed by atoms with Crippen LogP contribution in [0.1, 0.15) is 0 Å². The molecule has 0 radical (unpaired) electrons. The van der Waals surface area contributed by atoms with Crippen LogP contribution in [0.4, 0.5) is 11.5 Å². The molecular weight excluding hydrogens is 398 g/mol. The van der Waals surface area contributed by atoms with Crippen molar-refractivity contribution in [2.45, 2.75) is 4.90 Å². The maximum absolute atomic E-state index is 12.1. The van der Waals surface area contributed by atoms with Gasteiger partial charge in [-0.2, -0.15) is 0 Å². The third-order valence-corrected chi connectivity index (χ3v) is 4.78. The van der Waals surface area contributed by atoms with E-state index >= 15 is 0 Å². The number of nitrogens with zero attached hydrogens (tertiary/aromatic N) is 1. The van der Waals surface area contributed by atoms with Crippen molar-refractivity contribution in [3.8, 4) is 0 Å². The van der Waals surface area contributed by atoms with Gasteiger partial charge in [0.2, 0.25) is 0 Å². The van der Waals surface area contributed by atoms with Gasteiger partial charge < -0.3 is 5.73 Å². The molecule has 19 heavy (non-hydrogen) atoms. The van der Waals surface area contributed by atoms with Gasteiger partial charge in [-0.05, 0) is 46.3 Å². The van der Waals surface area contributed by atoms with E-state index in [4.69, 9.17) is 5.73 Å². The van der Waals surface area contributed by atoms with Gasteiger partial charge in [0, 0.05) is 15.1 Å². The minimum Gasteiger partial charge on any atom is -0.384 e. The number of aromatic nitrogens is 1. The SMILES string of the molecule is Nc1ccc(S(=O)(=O)Nc2cc(Br)ccc2Br)cn1. The van der Waals surface area contributed by atoms with Crippen LogP contribution in [0.3, 0.4) is 0 Å². The molecule has 2 aromatic rings. The smallest absolute Gasteiger partial charge is 0.263 e. The third kappa shape index (κ3) is 3.46. The second kappa shape index (κ2) is 5.48. The molecule has 0 fully saturated rings. The summed E-state index contributed by atoms with van der Waals surface area (Å²) in [7, 11) is -3.69. The second-order valence-electron chi connectivity index (χ2n) is 3.65. The molecule has 2 rings (SSSR count). The number of benzene rings is 1. The molecule has 0 spiro atoms. The highest BCUT2D eigenvalue weighted by Crippen LogP contribution is 2.28. The van der Waals surface area contributed by atoms with Gasteiger partial charge in [-0.15, -0.1) is 0 Å². The van der Waals surface area contributed by atoms with Gasteiger partial charge in [0.25, 0.3) is 10.0 Å². The fourth-order valence-electron chi connectivity index (χ4n) is 1.33. The largest absolute Gasteiger partial charge is 0.384 e. The van der Waals surface area contributed by atoms with Crippen molar-refractivity contribution >= 4 is 53.4 Å². The van der Waals surface area contributed by atoms with Gasteiger partial charge in [0.1, 0.15) is 10.7 Å². The number of hydrogen-bond donors (Lipinski definition) is 2. The van der Waals surface area contributed by atoms with E-state index in [2.05, 4.69) is 41.6 Å². The van der Waals surface area contributed by atoms with Crippen molar-refractivity contribution in [1.82, 2.24) is 4.98 Å². The molecular formula is C11H9Br2N3O2S. The Morgan fingerprint density at radius 3 is 2.53 bits per heavy atom. The Labute approximate surface area is 127 Å². The fraction of sp³-hybridized carbons (Fsp3) is 0. The average molecular weight is 407 g/mol. The van der Waals surface area contributed by atoms with Crippen LogP contribution in [-0.2, 0) is 10.0 Å². The van der Waals surface area contributed by atoms with Crippen molar-refractivity contribution in [2.75, 3.05) is 10.5 Å². The van der Waals surface area contributed by atoms with Gasteiger partial charge >= 0.3 is 0 Å². The molecule has 0 unspecified atom stereocenters. The van der Waals surface area contributed by atoms with E-state index in [0.29, 0.717) is 10.2 Å². The average Bonchev–Trinajstić information content (AvgIpc) is 2.34. The molecule has 1 aromatic heterocycles. The molecule has 3 N–H and O–H groups in total. The van der Waals surface area contributed by atoms with Crippen LogP contribution in [0.15, 0.2) is 50.4 Å². The molecule has 5 nitrogen and oxygen atoms in total. The molecule has 1 aromatic carbocycles. The first-order valence-electron chi connectivity index (χ1n) is 5.08. The van der Waals surface area contributed by atoms with Crippen molar-refractivity contribution < 1.29 is 8.42 Å². The van der Waals surface area contributed by atoms with Gasteiger partial charge in [-0.3, -0.25) is 4.72 Å². The lowest BCUT2D eigenvalue weighted by molar-refractivity contribution is 0.601. The first-order valence-corrected chi connectivity index (χ1v) is 8.15. The van der Waals surface area contributed by atoms with Gasteiger partial charge in [0.05, 0.1) is 5.69 Å². The van der Waals surface area contributed by atoms with E-state index in [1.165, 1.54) is 18.3 Å². The number of halogens is 2. The summed E-state index contributed by atoms with van der Waals surface area (Å²) in [5.41, 5.74) is 5.86. The molecule has 0 bridgehead atoms. The summed E-state index contributed by atoms with van der Waals surface area (Å²) in [5.74, 6) is 0.266. The van der Waals surface area contributed by atoms with Gasteiger partial charge in [-0.1, -0.05) is 15.9 Å². The first-order chi connectivity index (χ1) is 8.88. The zero-order valence-corrected chi connectivity index (χ0v) is 13.5. The zero-order valence-electron chi connectivity index (χ0n) is 9.47. The van der Waals surface area contributed by atoms with Crippen LogP contribution in [0.2, 0.25) is 0 Å². The summed E-state index contributed by atoms with van der Waals surface area (Å²) in [6, 6.07) is 8.03. The van der Waals surface area contributed by atoms with E-state index in [1.807, 2.05) is 0 Å². The lowest BCUT2D eigenvalue weighted by atomic mass is 10.3. The zero-order chi connectivity index (χ0) is 14.0. The standard InChI is InChI=1S/C11H9Br2N3O2S/c12-7-1-3-9(13)10(5-7)16-19(17,18)8-2-4-11(14)15-6-8/h1-6,16H,(H2,14,15). The maximum Gasteiger partial charge on any atom is 0.263 e. The summed E-state index contributed by atoms with van der Waals surface area (Å²) in [5, 5.41) is 0. The summed E-state index contributed by atoms with van der Waals surface area (Å²) >= 11 is 6.57. The number of pyridine rings is 1. The quantitative estimate of drug-likeness (QED) is 0.820. The minimum atomic E-state index is -3.69. The summed E-state index contributed by atoms with van der Waals surface area (Å²) in [6.07, 6.45) is 1.21. The van der Waals surface area contributed by atoms with Crippen LogP contribution < -0.4 is 10.5 Å². The number of rotatable bonds is 3. The van der Waals surface area contributed by atoms with Crippen molar-refractivity contribution in [3.63, 3.8) is 0 Å². The highest BCUT2D eigenvalue weighted by atomic mass is 79.9. The molecule has 8 heteroatoms. The van der Waals surface area contributed by atoms with E-state index in [0.717, 1.165) is 4.47 Å². The molecule has 0 aliphatic carbocycles. The van der Waals surface area contributed by atoms with E-state index in [-0.39, 0.29) is 10.7 Å². The van der Waals surface area contributed by atoms with Crippen LogP contribution >= 0.6 is 31.9 Å². The summed E-state index contributed by atoms with van der Waals surface area (Å²) in [6.45, 7) is 0. The van der Waals surface area contributed by atoms with E-state index in [9.17, 15) is 8.42 Å². The summed E-state index contributed by atoms with van der Waals surface area (Å²) < 4.78 is 28.2. The number of anilines is 2. The molecule has 0 atom stereocenters. The Kier molecular flexibility index (Phi) is 4.12. The van der Waals surface area contributed by atoms with Gasteiger partial charge in [-0.25, -0.2) is 13.4 Å². The molecule has 0 aliphatic rings. The Morgan fingerprint density at radius 1 is 1.16 bits per heavy atom. The van der Waals surface area contributed by atoms with Crippen LogP contribution in [0.5, 0.6) is 0 Å². The predicted octanol–water partition coefficient (Wildman–Crippen LogP) is 2.99.